The second-order valence-corrected chi connectivity index (χ2v) is 8.11. The highest BCUT2D eigenvalue weighted by atomic mass is 35.5. The molecule has 3 rings (SSSR count). The maximum Gasteiger partial charge on any atom is 0.410 e. The lowest BCUT2D eigenvalue weighted by Gasteiger charge is -2.29. The molecule has 1 fully saturated rings. The maximum atomic E-state index is 12.6. The van der Waals surface area contributed by atoms with Gasteiger partial charge in [-0.1, -0.05) is 11.6 Å². The molecule has 0 radical (unpaired) electrons. The molecular formula is C19H25ClN2O3. The van der Waals surface area contributed by atoms with Crippen molar-refractivity contribution in [2.24, 2.45) is 0 Å². The van der Waals surface area contributed by atoms with E-state index in [1.165, 1.54) is 0 Å². The van der Waals surface area contributed by atoms with Crippen molar-refractivity contribution in [1.29, 1.82) is 0 Å². The lowest BCUT2D eigenvalue weighted by Crippen LogP contribution is -2.36. The number of carbonyl (C=O) groups excluding carboxylic acids is 2. The van der Waals surface area contributed by atoms with Crippen LogP contribution < -0.4 is 0 Å². The topological polar surface area (TPSA) is 49.9 Å². The van der Waals surface area contributed by atoms with Gasteiger partial charge in [0.15, 0.2) is 0 Å². The molecule has 25 heavy (non-hydrogen) atoms. The number of halogens is 1. The van der Waals surface area contributed by atoms with Crippen LogP contribution in [0.1, 0.15) is 68.1 Å². The summed E-state index contributed by atoms with van der Waals surface area (Å²) in [4.78, 5) is 28.7. The van der Waals surface area contributed by atoms with Crippen LogP contribution in [0.3, 0.4) is 0 Å². The third kappa shape index (κ3) is 3.47. The third-order valence-corrected chi connectivity index (χ3v) is 4.96. The monoisotopic (exact) mass is 364 g/mol. The van der Waals surface area contributed by atoms with Crippen molar-refractivity contribution in [3.8, 4) is 0 Å². The van der Waals surface area contributed by atoms with Gasteiger partial charge in [0.05, 0.1) is 6.04 Å². The Morgan fingerprint density at radius 3 is 2.72 bits per heavy atom. The number of carbonyl (C=O) groups is 2. The van der Waals surface area contributed by atoms with Crippen LogP contribution in [0.5, 0.6) is 0 Å². The van der Waals surface area contributed by atoms with Crippen molar-refractivity contribution in [3.63, 3.8) is 0 Å². The first-order valence-electron chi connectivity index (χ1n) is 8.82. The van der Waals surface area contributed by atoms with Crippen LogP contribution >= 0.6 is 11.6 Å². The second-order valence-electron chi connectivity index (χ2n) is 7.67. The average molecular weight is 365 g/mol. The Morgan fingerprint density at radius 1 is 1.36 bits per heavy atom. The van der Waals surface area contributed by atoms with E-state index < -0.39 is 5.60 Å². The fourth-order valence-corrected chi connectivity index (χ4v) is 3.87. The van der Waals surface area contributed by atoms with E-state index >= 15 is 0 Å². The molecule has 0 N–H and O–H groups in total. The number of likely N-dealkylation sites (tertiary alicyclic amines) is 1. The first kappa shape index (κ1) is 18.1. The van der Waals surface area contributed by atoms with E-state index in [9.17, 15) is 9.59 Å². The third-order valence-electron chi connectivity index (χ3n) is 4.74. The van der Waals surface area contributed by atoms with Crippen molar-refractivity contribution in [2.45, 2.75) is 58.7 Å². The van der Waals surface area contributed by atoms with Gasteiger partial charge in [-0.2, -0.15) is 0 Å². The van der Waals surface area contributed by atoms with E-state index in [1.54, 1.807) is 15.9 Å². The van der Waals surface area contributed by atoms with Crippen LogP contribution in [0.15, 0.2) is 12.1 Å². The Balaban J connectivity index is 1.96. The van der Waals surface area contributed by atoms with E-state index in [1.807, 2.05) is 33.8 Å². The molecule has 0 bridgehead atoms. The summed E-state index contributed by atoms with van der Waals surface area (Å²) in [5.74, 6) is 0.0167. The minimum absolute atomic E-state index is 0.0167. The van der Waals surface area contributed by atoms with Crippen LogP contribution in [-0.4, -0.2) is 40.5 Å². The fourth-order valence-electron chi connectivity index (χ4n) is 3.64. The van der Waals surface area contributed by atoms with Gasteiger partial charge in [-0.05, 0) is 63.8 Å². The highest BCUT2D eigenvalue weighted by molar-refractivity contribution is 6.31. The van der Waals surface area contributed by atoms with Gasteiger partial charge in [0.1, 0.15) is 5.60 Å². The highest BCUT2D eigenvalue weighted by Crippen LogP contribution is 2.40. The maximum absolute atomic E-state index is 12.6. The molecule has 2 amide bonds. The van der Waals surface area contributed by atoms with E-state index in [0.29, 0.717) is 30.2 Å². The quantitative estimate of drug-likeness (QED) is 0.782. The number of hydrogen-bond acceptors (Lipinski definition) is 3. The number of fused-ring (bicyclic) bond motifs is 1. The van der Waals surface area contributed by atoms with E-state index in [4.69, 9.17) is 16.3 Å². The highest BCUT2D eigenvalue weighted by Gasteiger charge is 2.37. The van der Waals surface area contributed by atoms with Crippen LogP contribution in [0.25, 0.3) is 0 Å². The minimum atomic E-state index is -0.532. The number of rotatable bonds is 2. The summed E-state index contributed by atoms with van der Waals surface area (Å²) in [7, 11) is 0. The van der Waals surface area contributed by atoms with Crippen molar-refractivity contribution in [2.75, 3.05) is 13.1 Å². The molecule has 1 atom stereocenters. The zero-order valence-corrected chi connectivity index (χ0v) is 16.0. The largest absolute Gasteiger partial charge is 0.444 e. The number of amides is 2. The summed E-state index contributed by atoms with van der Waals surface area (Å²) in [5.41, 5.74) is 2.11. The Hall–Kier alpha value is -1.75. The molecule has 0 aromatic heterocycles. The summed E-state index contributed by atoms with van der Waals surface area (Å²) >= 11 is 6.29. The zero-order valence-electron chi connectivity index (χ0n) is 15.3. The van der Waals surface area contributed by atoms with Crippen LogP contribution in [0.4, 0.5) is 4.79 Å². The van der Waals surface area contributed by atoms with E-state index in [2.05, 4.69) is 0 Å². The molecular weight excluding hydrogens is 340 g/mol. The Bertz CT molecular complexity index is 711. The summed E-state index contributed by atoms with van der Waals surface area (Å²) in [6.07, 6.45) is 1.46. The molecule has 2 heterocycles. The fraction of sp³-hybridized carbons (Fsp3) is 0.579. The summed E-state index contributed by atoms with van der Waals surface area (Å²) in [6, 6.07) is 3.55. The average Bonchev–Trinajstić information content (AvgIpc) is 3.10. The minimum Gasteiger partial charge on any atom is -0.444 e. The molecule has 1 unspecified atom stereocenters. The van der Waals surface area contributed by atoms with Gasteiger partial charge < -0.3 is 14.5 Å². The molecule has 2 aliphatic heterocycles. The van der Waals surface area contributed by atoms with Gasteiger partial charge in [0.25, 0.3) is 5.91 Å². The summed E-state index contributed by atoms with van der Waals surface area (Å²) in [6.45, 7) is 9.46. The molecule has 1 saturated heterocycles. The second kappa shape index (κ2) is 6.52. The van der Waals surface area contributed by atoms with Gasteiger partial charge in [-0.3, -0.25) is 4.79 Å². The van der Waals surface area contributed by atoms with Gasteiger partial charge in [-0.15, -0.1) is 0 Å². The summed E-state index contributed by atoms with van der Waals surface area (Å²) < 4.78 is 5.56. The normalized spacial score (nSPS) is 20.2. The SMILES string of the molecule is CCN1Cc2c(cc(Cl)cc2C2CCCN2C(=O)OC(C)(C)C)C1=O. The van der Waals surface area contributed by atoms with Gasteiger partial charge in [0.2, 0.25) is 0 Å². The molecule has 136 valence electrons. The Morgan fingerprint density at radius 2 is 2.08 bits per heavy atom. The van der Waals surface area contributed by atoms with Crippen LogP contribution in [0, 0.1) is 0 Å². The standard InChI is InChI=1S/C19H25ClN2O3/c1-5-21-11-15-13(9-12(20)10-14(15)17(21)23)16-7-6-8-22(16)18(24)25-19(2,3)4/h9-10,16H,5-8,11H2,1-4H3. The van der Waals surface area contributed by atoms with E-state index in [0.717, 1.165) is 24.0 Å². The van der Waals surface area contributed by atoms with Crippen LogP contribution in [0.2, 0.25) is 5.02 Å². The lowest BCUT2D eigenvalue weighted by atomic mass is 9.96. The molecule has 2 aliphatic rings. The van der Waals surface area contributed by atoms with Crippen molar-refractivity contribution in [1.82, 2.24) is 9.80 Å². The molecule has 0 aliphatic carbocycles. The lowest BCUT2D eigenvalue weighted by molar-refractivity contribution is 0.0223. The van der Waals surface area contributed by atoms with Gasteiger partial charge in [0, 0.05) is 30.2 Å². The predicted molar refractivity (Wildman–Crippen MR) is 96.8 cm³/mol. The van der Waals surface area contributed by atoms with E-state index in [-0.39, 0.29) is 18.0 Å². The first-order valence-corrected chi connectivity index (χ1v) is 9.20. The Labute approximate surface area is 153 Å². The molecule has 0 spiro atoms. The molecule has 5 nitrogen and oxygen atoms in total. The predicted octanol–water partition coefficient (Wildman–Crippen LogP) is 4.39. The molecule has 1 aromatic carbocycles. The number of nitrogens with zero attached hydrogens (tertiary/aromatic N) is 2. The molecule has 0 saturated carbocycles. The molecule has 6 heteroatoms. The number of ether oxygens (including phenoxy) is 1. The first-order chi connectivity index (χ1) is 11.7. The zero-order chi connectivity index (χ0) is 18.4. The van der Waals surface area contributed by atoms with Gasteiger partial charge >= 0.3 is 6.09 Å². The van der Waals surface area contributed by atoms with Gasteiger partial charge in [-0.25, -0.2) is 4.79 Å². The summed E-state index contributed by atoms with van der Waals surface area (Å²) in [5, 5.41) is 0.538. The number of benzene rings is 1. The van der Waals surface area contributed by atoms with Crippen LogP contribution in [-0.2, 0) is 11.3 Å². The van der Waals surface area contributed by atoms with Crippen molar-refractivity contribution in [3.05, 3.63) is 33.8 Å². The molecule has 1 aromatic rings. The van der Waals surface area contributed by atoms with Crippen molar-refractivity contribution < 1.29 is 14.3 Å². The van der Waals surface area contributed by atoms with Crippen molar-refractivity contribution >= 4 is 23.6 Å². The smallest absolute Gasteiger partial charge is 0.410 e. The Kier molecular flexibility index (Phi) is 4.71. The number of hydrogen-bond donors (Lipinski definition) is 0.